The second-order valence-electron chi connectivity index (χ2n) is 7.97. The zero-order valence-corrected chi connectivity index (χ0v) is 19.9. The summed E-state index contributed by atoms with van der Waals surface area (Å²) >= 11 is 1.38. The van der Waals surface area contributed by atoms with Gasteiger partial charge in [0.05, 0.1) is 10.6 Å². The van der Waals surface area contributed by atoms with Crippen molar-refractivity contribution < 1.29 is 14.1 Å². The van der Waals surface area contributed by atoms with Gasteiger partial charge in [0.15, 0.2) is 0 Å². The first kappa shape index (κ1) is 23.4. The lowest BCUT2D eigenvalue weighted by Crippen LogP contribution is -2.31. The van der Waals surface area contributed by atoms with Gasteiger partial charge in [0.1, 0.15) is 11.3 Å². The molecule has 2 heterocycles. The quantitative estimate of drug-likeness (QED) is 0.378. The minimum atomic E-state index is -0.186. The first-order valence-electron chi connectivity index (χ1n) is 10.9. The number of amides is 2. The molecule has 7 nitrogen and oxygen atoms in total. The van der Waals surface area contributed by atoms with Gasteiger partial charge in [-0.1, -0.05) is 53.7 Å². The van der Waals surface area contributed by atoms with Crippen LogP contribution in [-0.4, -0.2) is 21.9 Å². The molecule has 0 atom stereocenters. The molecule has 0 saturated heterocycles. The maximum Gasteiger partial charge on any atom is 0.265 e. The SMILES string of the molecule is Cc1noc(C)c1C(=O)N(Cc1cccc(CN)c1)Cc1ccccc1NC(=O)c1cccs1. The summed E-state index contributed by atoms with van der Waals surface area (Å²) in [5, 5.41) is 8.80. The molecule has 2 aromatic carbocycles. The van der Waals surface area contributed by atoms with Crippen LogP contribution in [0.1, 0.15) is 48.2 Å². The highest BCUT2D eigenvalue weighted by Gasteiger charge is 2.25. The Bertz CT molecular complexity index is 1280. The average molecular weight is 475 g/mol. The molecule has 0 spiro atoms. The maximum absolute atomic E-state index is 13.6. The summed E-state index contributed by atoms with van der Waals surface area (Å²) in [4.78, 5) is 28.7. The Morgan fingerprint density at radius 2 is 1.82 bits per heavy atom. The molecule has 0 fully saturated rings. The first-order valence-corrected chi connectivity index (χ1v) is 11.8. The summed E-state index contributed by atoms with van der Waals surface area (Å²) in [6.07, 6.45) is 0. The van der Waals surface area contributed by atoms with Gasteiger partial charge in [0.2, 0.25) is 0 Å². The van der Waals surface area contributed by atoms with Gasteiger partial charge in [0.25, 0.3) is 11.8 Å². The third-order valence-corrected chi connectivity index (χ3v) is 6.38. The second-order valence-corrected chi connectivity index (χ2v) is 8.92. The van der Waals surface area contributed by atoms with Crippen LogP contribution in [0.25, 0.3) is 0 Å². The van der Waals surface area contributed by atoms with Crippen molar-refractivity contribution in [3.8, 4) is 0 Å². The van der Waals surface area contributed by atoms with Crippen LogP contribution in [-0.2, 0) is 19.6 Å². The minimum absolute atomic E-state index is 0.179. The second kappa shape index (κ2) is 10.5. The smallest absolute Gasteiger partial charge is 0.265 e. The van der Waals surface area contributed by atoms with E-state index in [0.717, 1.165) is 16.7 Å². The van der Waals surface area contributed by atoms with Gasteiger partial charge in [-0.05, 0) is 48.1 Å². The number of thiophene rings is 1. The van der Waals surface area contributed by atoms with Crippen molar-refractivity contribution in [3.63, 3.8) is 0 Å². The van der Waals surface area contributed by atoms with Crippen LogP contribution in [0.5, 0.6) is 0 Å². The highest BCUT2D eigenvalue weighted by Crippen LogP contribution is 2.24. The molecular formula is C26H26N4O3S. The lowest BCUT2D eigenvalue weighted by molar-refractivity contribution is 0.0728. The molecule has 4 aromatic rings. The third-order valence-electron chi connectivity index (χ3n) is 5.51. The van der Waals surface area contributed by atoms with Crippen LogP contribution >= 0.6 is 11.3 Å². The van der Waals surface area contributed by atoms with Crippen LogP contribution in [0.2, 0.25) is 0 Å². The Kier molecular flexibility index (Phi) is 7.20. The van der Waals surface area contributed by atoms with Crippen LogP contribution in [0.4, 0.5) is 5.69 Å². The van der Waals surface area contributed by atoms with Gasteiger partial charge < -0.3 is 20.5 Å². The van der Waals surface area contributed by atoms with Crippen molar-refractivity contribution in [2.45, 2.75) is 33.5 Å². The minimum Gasteiger partial charge on any atom is -0.361 e. The topological polar surface area (TPSA) is 101 Å². The molecular weight excluding hydrogens is 448 g/mol. The van der Waals surface area contributed by atoms with E-state index in [1.807, 2.05) is 60.0 Å². The van der Waals surface area contributed by atoms with Crippen molar-refractivity contribution in [3.05, 3.63) is 105 Å². The molecule has 0 bridgehead atoms. The van der Waals surface area contributed by atoms with Crippen LogP contribution in [0.3, 0.4) is 0 Å². The van der Waals surface area contributed by atoms with E-state index >= 15 is 0 Å². The molecule has 0 aliphatic heterocycles. The highest BCUT2D eigenvalue weighted by molar-refractivity contribution is 7.12. The van der Waals surface area contributed by atoms with Crippen molar-refractivity contribution in [2.24, 2.45) is 5.73 Å². The van der Waals surface area contributed by atoms with Crippen molar-refractivity contribution >= 4 is 28.8 Å². The molecule has 0 radical (unpaired) electrons. The Labute approximate surface area is 202 Å². The lowest BCUT2D eigenvalue weighted by Gasteiger charge is -2.24. The summed E-state index contributed by atoms with van der Waals surface area (Å²) in [5.74, 6) is 0.109. The molecule has 0 aliphatic carbocycles. The number of nitrogens with zero attached hydrogens (tertiary/aromatic N) is 2. The average Bonchev–Trinajstić information content (AvgIpc) is 3.49. The van der Waals surface area contributed by atoms with Crippen LogP contribution in [0.15, 0.2) is 70.6 Å². The lowest BCUT2D eigenvalue weighted by atomic mass is 10.1. The Morgan fingerprint density at radius 1 is 1.03 bits per heavy atom. The number of benzene rings is 2. The van der Waals surface area contributed by atoms with Crippen LogP contribution in [0, 0.1) is 13.8 Å². The molecule has 0 saturated carbocycles. The van der Waals surface area contributed by atoms with Gasteiger partial charge >= 0.3 is 0 Å². The Balaban J connectivity index is 1.66. The first-order chi connectivity index (χ1) is 16.5. The van der Waals surface area contributed by atoms with Crippen molar-refractivity contribution in [2.75, 3.05) is 5.32 Å². The molecule has 0 unspecified atom stereocenters. The number of hydrogen-bond donors (Lipinski definition) is 2. The largest absolute Gasteiger partial charge is 0.361 e. The number of aryl methyl sites for hydroxylation is 2. The van der Waals surface area contributed by atoms with E-state index < -0.39 is 0 Å². The number of para-hydroxylation sites is 1. The summed E-state index contributed by atoms with van der Waals surface area (Å²) in [6, 6.07) is 19.0. The van der Waals surface area contributed by atoms with Crippen LogP contribution < -0.4 is 11.1 Å². The van der Waals surface area contributed by atoms with Gasteiger partial charge in [-0.3, -0.25) is 9.59 Å². The normalized spacial score (nSPS) is 10.8. The number of carbonyl (C=O) groups is 2. The van der Waals surface area contributed by atoms with E-state index in [0.29, 0.717) is 40.7 Å². The number of rotatable bonds is 8. The van der Waals surface area contributed by atoms with Gasteiger partial charge in [-0.2, -0.15) is 0 Å². The molecule has 3 N–H and O–H groups in total. The summed E-state index contributed by atoms with van der Waals surface area (Å²) < 4.78 is 5.25. The predicted octanol–water partition coefficient (Wildman–Crippen LogP) is 4.91. The number of carbonyl (C=O) groups excluding carboxylic acids is 2. The maximum atomic E-state index is 13.6. The van der Waals surface area contributed by atoms with Crippen molar-refractivity contribution in [1.29, 1.82) is 0 Å². The number of nitrogens with one attached hydrogen (secondary N) is 1. The zero-order chi connectivity index (χ0) is 24.1. The Morgan fingerprint density at radius 3 is 2.53 bits per heavy atom. The monoisotopic (exact) mass is 474 g/mol. The fraction of sp³-hybridized carbons (Fsp3) is 0.192. The van der Waals surface area contributed by atoms with E-state index in [1.54, 1.807) is 24.8 Å². The molecule has 34 heavy (non-hydrogen) atoms. The number of nitrogens with two attached hydrogens (primary N) is 1. The van der Waals surface area contributed by atoms with Crippen molar-refractivity contribution in [1.82, 2.24) is 10.1 Å². The highest BCUT2D eigenvalue weighted by atomic mass is 32.1. The fourth-order valence-electron chi connectivity index (χ4n) is 3.80. The molecule has 2 amide bonds. The summed E-state index contributed by atoms with van der Waals surface area (Å²) in [5.41, 5.74) is 10.2. The molecule has 0 aliphatic rings. The number of anilines is 1. The van der Waals surface area contributed by atoms with E-state index in [9.17, 15) is 9.59 Å². The number of aromatic nitrogens is 1. The van der Waals surface area contributed by atoms with E-state index in [2.05, 4.69) is 10.5 Å². The molecule has 2 aromatic heterocycles. The zero-order valence-electron chi connectivity index (χ0n) is 19.1. The van der Waals surface area contributed by atoms with Gasteiger partial charge in [0, 0.05) is 25.3 Å². The van der Waals surface area contributed by atoms with Gasteiger partial charge in [-0.25, -0.2) is 0 Å². The van der Waals surface area contributed by atoms with E-state index in [-0.39, 0.29) is 18.4 Å². The summed E-state index contributed by atoms with van der Waals surface area (Å²) in [7, 11) is 0. The predicted molar refractivity (Wildman–Crippen MR) is 133 cm³/mol. The molecule has 174 valence electrons. The van der Waals surface area contributed by atoms with E-state index in [1.165, 1.54) is 11.3 Å². The standard InChI is InChI=1S/C26H26N4O3S/c1-17-24(18(2)33-29-17)26(32)30(15-20-8-5-7-19(13-20)14-27)16-21-9-3-4-10-22(21)28-25(31)23-11-6-12-34-23/h3-13H,14-16,27H2,1-2H3,(H,28,31). The number of hydrogen-bond acceptors (Lipinski definition) is 6. The molecule has 4 rings (SSSR count). The Hall–Kier alpha value is -3.75. The van der Waals surface area contributed by atoms with Gasteiger partial charge in [-0.15, -0.1) is 11.3 Å². The van der Waals surface area contributed by atoms with E-state index in [4.69, 9.17) is 10.3 Å². The summed E-state index contributed by atoms with van der Waals surface area (Å²) in [6.45, 7) is 4.56. The fourth-order valence-corrected chi connectivity index (χ4v) is 4.42. The third kappa shape index (κ3) is 5.24. The molecule has 8 heteroatoms.